The number of rotatable bonds is 4. The Kier molecular flexibility index (Phi) is 4.40. The maximum absolute atomic E-state index is 6.42. The Bertz CT molecular complexity index is 661. The van der Waals surface area contributed by atoms with Crippen LogP contribution in [0, 0.1) is 0 Å². The van der Waals surface area contributed by atoms with Gasteiger partial charge in [-0.25, -0.2) is 0 Å². The fourth-order valence-corrected chi connectivity index (χ4v) is 3.69. The van der Waals surface area contributed by atoms with Crippen LogP contribution in [0.5, 0.6) is 0 Å². The Hall–Kier alpha value is -1.68. The highest BCUT2D eigenvalue weighted by molar-refractivity contribution is 5.26. The molecular formula is C21H24O3. The molecule has 0 radical (unpaired) electrons. The van der Waals surface area contributed by atoms with E-state index in [1.807, 2.05) is 0 Å². The first-order chi connectivity index (χ1) is 11.7. The molecule has 2 aromatic carbocycles. The summed E-state index contributed by atoms with van der Waals surface area (Å²) in [7, 11) is 0. The van der Waals surface area contributed by atoms with E-state index in [0.29, 0.717) is 13.2 Å². The molecule has 0 amide bonds. The van der Waals surface area contributed by atoms with Gasteiger partial charge in [0.2, 0.25) is 0 Å². The number of ether oxygens (including phenoxy) is 3. The van der Waals surface area contributed by atoms with Crippen molar-refractivity contribution in [2.45, 2.75) is 44.2 Å². The highest BCUT2D eigenvalue weighted by Gasteiger charge is 2.37. The molecule has 2 aliphatic heterocycles. The second-order valence-corrected chi connectivity index (χ2v) is 6.89. The lowest BCUT2D eigenvalue weighted by molar-refractivity contribution is -0.0441. The zero-order valence-electron chi connectivity index (χ0n) is 14.1. The monoisotopic (exact) mass is 324 g/mol. The summed E-state index contributed by atoms with van der Waals surface area (Å²) in [4.78, 5) is 0. The molecule has 2 atom stereocenters. The third kappa shape index (κ3) is 3.25. The quantitative estimate of drug-likeness (QED) is 0.836. The van der Waals surface area contributed by atoms with Crippen LogP contribution in [-0.4, -0.2) is 19.3 Å². The average molecular weight is 324 g/mol. The SMILES string of the molecule is C[C@@]1(c2ccccc2)CC[C@@H](Cc2ccc(C3OCCO3)cc2)O1. The highest BCUT2D eigenvalue weighted by atomic mass is 16.7. The maximum atomic E-state index is 6.42. The van der Waals surface area contributed by atoms with Gasteiger partial charge in [0.1, 0.15) is 0 Å². The fourth-order valence-electron chi connectivity index (χ4n) is 3.69. The predicted molar refractivity (Wildman–Crippen MR) is 92.7 cm³/mol. The largest absolute Gasteiger partial charge is 0.367 e. The van der Waals surface area contributed by atoms with E-state index in [1.165, 1.54) is 11.1 Å². The van der Waals surface area contributed by atoms with Crippen LogP contribution in [0.15, 0.2) is 54.6 Å². The summed E-state index contributed by atoms with van der Waals surface area (Å²) in [6, 6.07) is 19.1. The van der Waals surface area contributed by atoms with Crippen molar-refractivity contribution in [1.82, 2.24) is 0 Å². The molecule has 3 nitrogen and oxygen atoms in total. The van der Waals surface area contributed by atoms with Crippen LogP contribution in [-0.2, 0) is 26.2 Å². The van der Waals surface area contributed by atoms with Crippen molar-refractivity contribution >= 4 is 0 Å². The minimum atomic E-state index is -0.192. The lowest BCUT2D eigenvalue weighted by Crippen LogP contribution is -2.23. The Morgan fingerprint density at radius 2 is 1.67 bits per heavy atom. The smallest absolute Gasteiger partial charge is 0.184 e. The molecule has 0 N–H and O–H groups in total. The van der Waals surface area contributed by atoms with E-state index in [4.69, 9.17) is 14.2 Å². The summed E-state index contributed by atoms with van der Waals surface area (Å²) >= 11 is 0. The third-order valence-electron chi connectivity index (χ3n) is 5.09. The van der Waals surface area contributed by atoms with Crippen molar-refractivity contribution in [2.24, 2.45) is 0 Å². The van der Waals surface area contributed by atoms with Crippen molar-refractivity contribution in [3.63, 3.8) is 0 Å². The Labute approximate surface area is 143 Å². The van der Waals surface area contributed by atoms with Gasteiger partial charge in [0, 0.05) is 5.56 Å². The molecule has 24 heavy (non-hydrogen) atoms. The van der Waals surface area contributed by atoms with Gasteiger partial charge in [-0.05, 0) is 37.3 Å². The van der Waals surface area contributed by atoms with Gasteiger partial charge in [-0.1, -0.05) is 54.6 Å². The topological polar surface area (TPSA) is 27.7 Å². The molecule has 126 valence electrons. The molecular weight excluding hydrogens is 300 g/mol. The zero-order chi connectivity index (χ0) is 16.4. The van der Waals surface area contributed by atoms with Crippen molar-refractivity contribution < 1.29 is 14.2 Å². The Morgan fingerprint density at radius 3 is 2.38 bits per heavy atom. The molecule has 4 rings (SSSR count). The first-order valence-electron chi connectivity index (χ1n) is 8.78. The summed E-state index contributed by atoms with van der Waals surface area (Å²) in [5, 5.41) is 0. The third-order valence-corrected chi connectivity index (χ3v) is 5.09. The molecule has 0 aliphatic carbocycles. The van der Waals surface area contributed by atoms with E-state index in [2.05, 4.69) is 61.5 Å². The summed E-state index contributed by atoms with van der Waals surface area (Å²) in [6.07, 6.45) is 3.21. The summed E-state index contributed by atoms with van der Waals surface area (Å²) < 4.78 is 17.5. The van der Waals surface area contributed by atoms with E-state index < -0.39 is 0 Å². The molecule has 2 aliphatic rings. The lowest BCUT2D eigenvalue weighted by atomic mass is 9.92. The average Bonchev–Trinajstić information content (AvgIpc) is 3.28. The van der Waals surface area contributed by atoms with E-state index in [9.17, 15) is 0 Å². The number of hydrogen-bond donors (Lipinski definition) is 0. The minimum Gasteiger partial charge on any atom is -0.367 e. The molecule has 2 heterocycles. The summed E-state index contributed by atoms with van der Waals surface area (Å²) in [5.74, 6) is 0. The number of hydrogen-bond acceptors (Lipinski definition) is 3. The molecule has 2 saturated heterocycles. The summed E-state index contributed by atoms with van der Waals surface area (Å²) in [6.45, 7) is 3.57. The van der Waals surface area contributed by atoms with Crippen LogP contribution in [0.3, 0.4) is 0 Å². The van der Waals surface area contributed by atoms with Crippen LogP contribution in [0.25, 0.3) is 0 Å². The van der Waals surface area contributed by atoms with Gasteiger partial charge in [-0.15, -0.1) is 0 Å². The normalized spacial score (nSPS) is 27.6. The second kappa shape index (κ2) is 6.67. The first-order valence-corrected chi connectivity index (χ1v) is 8.78. The standard InChI is InChI=1S/C21H24O3/c1-21(18-5-3-2-4-6-18)12-11-19(24-21)15-16-7-9-17(10-8-16)20-22-13-14-23-20/h2-10,19-20H,11-15H2,1H3/t19-,21-/m0/s1. The Morgan fingerprint density at radius 1 is 0.958 bits per heavy atom. The van der Waals surface area contributed by atoms with Crippen LogP contribution >= 0.6 is 0 Å². The van der Waals surface area contributed by atoms with Gasteiger partial charge in [0.05, 0.1) is 24.9 Å². The van der Waals surface area contributed by atoms with Crippen molar-refractivity contribution in [3.8, 4) is 0 Å². The molecule has 0 aromatic heterocycles. The fraction of sp³-hybridized carbons (Fsp3) is 0.429. The van der Waals surface area contributed by atoms with E-state index in [0.717, 1.165) is 24.8 Å². The van der Waals surface area contributed by atoms with Crippen LogP contribution in [0.4, 0.5) is 0 Å². The van der Waals surface area contributed by atoms with Crippen LogP contribution in [0.2, 0.25) is 0 Å². The first kappa shape index (κ1) is 15.8. The van der Waals surface area contributed by atoms with Crippen LogP contribution in [0.1, 0.15) is 42.7 Å². The van der Waals surface area contributed by atoms with Gasteiger partial charge in [0.15, 0.2) is 6.29 Å². The van der Waals surface area contributed by atoms with Gasteiger partial charge < -0.3 is 14.2 Å². The Balaban J connectivity index is 1.39. The predicted octanol–water partition coefficient (Wildman–Crippen LogP) is 4.37. The number of benzene rings is 2. The molecule has 0 saturated carbocycles. The van der Waals surface area contributed by atoms with Gasteiger partial charge in [0.25, 0.3) is 0 Å². The van der Waals surface area contributed by atoms with E-state index in [1.54, 1.807) is 0 Å². The molecule has 0 unspecified atom stereocenters. The lowest BCUT2D eigenvalue weighted by Gasteiger charge is -2.25. The molecule has 2 fully saturated rings. The zero-order valence-corrected chi connectivity index (χ0v) is 14.1. The van der Waals surface area contributed by atoms with Crippen molar-refractivity contribution in [2.75, 3.05) is 13.2 Å². The molecule has 2 aromatic rings. The van der Waals surface area contributed by atoms with Gasteiger partial charge in [-0.3, -0.25) is 0 Å². The van der Waals surface area contributed by atoms with Crippen molar-refractivity contribution in [1.29, 1.82) is 0 Å². The van der Waals surface area contributed by atoms with Gasteiger partial charge in [-0.2, -0.15) is 0 Å². The molecule has 0 spiro atoms. The second-order valence-electron chi connectivity index (χ2n) is 6.89. The van der Waals surface area contributed by atoms with Gasteiger partial charge >= 0.3 is 0 Å². The summed E-state index contributed by atoms with van der Waals surface area (Å²) in [5.41, 5.74) is 3.52. The minimum absolute atomic E-state index is 0.155. The van der Waals surface area contributed by atoms with E-state index in [-0.39, 0.29) is 18.0 Å². The molecule has 3 heteroatoms. The van der Waals surface area contributed by atoms with Crippen molar-refractivity contribution in [3.05, 3.63) is 71.3 Å². The highest BCUT2D eigenvalue weighted by Crippen LogP contribution is 2.39. The van der Waals surface area contributed by atoms with E-state index >= 15 is 0 Å². The maximum Gasteiger partial charge on any atom is 0.184 e. The van der Waals surface area contributed by atoms with Crippen LogP contribution < -0.4 is 0 Å². The molecule has 0 bridgehead atoms.